The molecule has 0 bridgehead atoms. The smallest absolute Gasteiger partial charge is 0.137 e. The molecule has 0 saturated heterocycles. The van der Waals surface area contributed by atoms with Crippen LogP contribution in [0.2, 0.25) is 0 Å². The van der Waals surface area contributed by atoms with E-state index in [1.54, 1.807) is 12.7 Å². The van der Waals surface area contributed by atoms with Gasteiger partial charge in [0.25, 0.3) is 0 Å². The maximum atomic E-state index is 4.13. The molecule has 0 radical (unpaired) electrons. The van der Waals surface area contributed by atoms with Crippen LogP contribution in [-0.2, 0) is 13.1 Å². The molecule has 1 fully saturated rings. The number of hydrogen-bond acceptors (Lipinski definition) is 3. The van der Waals surface area contributed by atoms with Gasteiger partial charge in [-0.05, 0) is 36.4 Å². The molecule has 2 aromatic rings. The van der Waals surface area contributed by atoms with Crippen LogP contribution >= 0.6 is 0 Å². The fourth-order valence-corrected chi connectivity index (χ4v) is 3.08. The Bertz CT molecular complexity index is 512. The van der Waals surface area contributed by atoms with Crippen LogP contribution in [0, 0.1) is 5.92 Å². The maximum absolute atomic E-state index is 4.13. The Morgan fingerprint density at radius 2 is 1.81 bits per heavy atom. The summed E-state index contributed by atoms with van der Waals surface area (Å²) < 4.78 is 1.84. The molecule has 4 heteroatoms. The lowest BCUT2D eigenvalue weighted by molar-refractivity contribution is 0.342. The zero-order chi connectivity index (χ0) is 14.3. The number of benzene rings is 1. The molecule has 21 heavy (non-hydrogen) atoms. The lowest BCUT2D eigenvalue weighted by Gasteiger charge is -2.21. The van der Waals surface area contributed by atoms with E-state index >= 15 is 0 Å². The van der Waals surface area contributed by atoms with Crippen molar-refractivity contribution in [2.45, 2.75) is 45.2 Å². The van der Waals surface area contributed by atoms with Crippen molar-refractivity contribution in [1.29, 1.82) is 0 Å². The molecule has 1 aromatic heterocycles. The van der Waals surface area contributed by atoms with Crippen LogP contribution in [0.1, 0.15) is 43.2 Å². The average molecular weight is 284 g/mol. The zero-order valence-corrected chi connectivity index (χ0v) is 12.5. The van der Waals surface area contributed by atoms with Crippen LogP contribution in [0.25, 0.3) is 0 Å². The Morgan fingerprint density at radius 1 is 1.05 bits per heavy atom. The molecule has 0 aliphatic heterocycles. The zero-order valence-electron chi connectivity index (χ0n) is 12.5. The van der Waals surface area contributed by atoms with E-state index in [1.165, 1.54) is 49.8 Å². The van der Waals surface area contributed by atoms with Crippen LogP contribution in [0.5, 0.6) is 0 Å². The van der Waals surface area contributed by atoms with E-state index in [-0.39, 0.29) is 0 Å². The van der Waals surface area contributed by atoms with E-state index in [0.717, 1.165) is 19.0 Å². The summed E-state index contributed by atoms with van der Waals surface area (Å²) in [5.41, 5.74) is 2.62. The summed E-state index contributed by atoms with van der Waals surface area (Å²) in [5.74, 6) is 0.894. The molecular weight excluding hydrogens is 260 g/mol. The third-order valence-corrected chi connectivity index (χ3v) is 4.32. The van der Waals surface area contributed by atoms with Crippen molar-refractivity contribution in [1.82, 2.24) is 20.1 Å². The molecule has 112 valence electrons. The van der Waals surface area contributed by atoms with Gasteiger partial charge in [0, 0.05) is 6.54 Å². The average Bonchev–Trinajstić information content (AvgIpc) is 3.03. The van der Waals surface area contributed by atoms with Crippen LogP contribution in [0.15, 0.2) is 36.9 Å². The van der Waals surface area contributed by atoms with Gasteiger partial charge in [-0.3, -0.25) is 0 Å². The summed E-state index contributed by atoms with van der Waals surface area (Å²) >= 11 is 0. The highest BCUT2D eigenvalue weighted by Crippen LogP contribution is 2.22. The van der Waals surface area contributed by atoms with Crippen molar-refractivity contribution in [3.63, 3.8) is 0 Å². The highest BCUT2D eigenvalue weighted by molar-refractivity contribution is 5.22. The first-order valence-electron chi connectivity index (χ1n) is 8.01. The number of nitrogens with one attached hydrogen (secondary N) is 1. The lowest BCUT2D eigenvalue weighted by atomic mass is 9.89. The van der Waals surface area contributed by atoms with Crippen LogP contribution in [0.4, 0.5) is 0 Å². The maximum Gasteiger partial charge on any atom is 0.137 e. The fourth-order valence-electron chi connectivity index (χ4n) is 3.08. The molecule has 0 spiro atoms. The van der Waals surface area contributed by atoms with E-state index in [0.29, 0.717) is 0 Å². The second kappa shape index (κ2) is 7.36. The van der Waals surface area contributed by atoms with Gasteiger partial charge in [0.05, 0.1) is 6.54 Å². The Hall–Kier alpha value is -1.68. The van der Waals surface area contributed by atoms with Gasteiger partial charge in [0.1, 0.15) is 12.7 Å². The summed E-state index contributed by atoms with van der Waals surface area (Å²) in [6, 6.07) is 8.78. The highest BCUT2D eigenvalue weighted by Gasteiger charge is 2.12. The molecule has 3 rings (SSSR count). The van der Waals surface area contributed by atoms with E-state index in [1.807, 2.05) is 4.68 Å². The molecule has 1 N–H and O–H groups in total. The normalized spacial score (nSPS) is 16.2. The molecule has 1 aromatic carbocycles. The quantitative estimate of drug-likeness (QED) is 0.886. The van der Waals surface area contributed by atoms with Gasteiger partial charge in [-0.1, -0.05) is 43.5 Å². The van der Waals surface area contributed by atoms with Gasteiger partial charge in [0.15, 0.2) is 0 Å². The number of nitrogens with zero attached hydrogens (tertiary/aromatic N) is 3. The van der Waals surface area contributed by atoms with Gasteiger partial charge in [-0.15, -0.1) is 0 Å². The third-order valence-electron chi connectivity index (χ3n) is 4.32. The minimum Gasteiger partial charge on any atom is -0.312 e. The third kappa shape index (κ3) is 4.39. The first-order valence-corrected chi connectivity index (χ1v) is 8.01. The first kappa shape index (κ1) is 14.3. The van der Waals surface area contributed by atoms with Crippen molar-refractivity contribution < 1.29 is 0 Å². The second-order valence-electron chi connectivity index (χ2n) is 6.04. The SMILES string of the molecule is c1ncn(Cc2ccc(CNCC3CCCCC3)cc2)n1. The number of rotatable bonds is 6. The van der Waals surface area contributed by atoms with Gasteiger partial charge in [-0.25, -0.2) is 9.67 Å². The van der Waals surface area contributed by atoms with Gasteiger partial charge < -0.3 is 5.32 Å². The monoisotopic (exact) mass is 284 g/mol. The van der Waals surface area contributed by atoms with Crippen molar-refractivity contribution >= 4 is 0 Å². The molecule has 1 saturated carbocycles. The van der Waals surface area contributed by atoms with Crippen LogP contribution in [-0.4, -0.2) is 21.3 Å². The largest absolute Gasteiger partial charge is 0.312 e. The Labute approximate surface area is 126 Å². The van der Waals surface area contributed by atoms with Gasteiger partial charge in [0.2, 0.25) is 0 Å². The summed E-state index contributed by atoms with van der Waals surface area (Å²) in [4.78, 5) is 3.96. The van der Waals surface area contributed by atoms with Gasteiger partial charge in [-0.2, -0.15) is 5.10 Å². The summed E-state index contributed by atoms with van der Waals surface area (Å²) in [7, 11) is 0. The van der Waals surface area contributed by atoms with E-state index < -0.39 is 0 Å². The Morgan fingerprint density at radius 3 is 2.52 bits per heavy atom. The minimum atomic E-state index is 0.787. The van der Waals surface area contributed by atoms with E-state index in [2.05, 4.69) is 39.7 Å². The van der Waals surface area contributed by atoms with Crippen LogP contribution in [0.3, 0.4) is 0 Å². The van der Waals surface area contributed by atoms with Crippen LogP contribution < -0.4 is 5.32 Å². The second-order valence-corrected chi connectivity index (χ2v) is 6.04. The number of hydrogen-bond donors (Lipinski definition) is 1. The van der Waals surface area contributed by atoms with Gasteiger partial charge >= 0.3 is 0 Å². The topological polar surface area (TPSA) is 42.7 Å². The molecule has 1 heterocycles. The minimum absolute atomic E-state index is 0.787. The number of aromatic nitrogens is 3. The fraction of sp³-hybridized carbons (Fsp3) is 0.529. The summed E-state index contributed by atoms with van der Waals surface area (Å²) in [6.45, 7) is 2.93. The predicted molar refractivity (Wildman–Crippen MR) is 83.8 cm³/mol. The van der Waals surface area contributed by atoms with E-state index in [9.17, 15) is 0 Å². The highest BCUT2D eigenvalue weighted by atomic mass is 15.3. The van der Waals surface area contributed by atoms with Crippen molar-refractivity contribution in [2.75, 3.05) is 6.54 Å². The van der Waals surface area contributed by atoms with E-state index in [4.69, 9.17) is 0 Å². The summed E-state index contributed by atoms with van der Waals surface area (Å²) in [5, 5.41) is 7.74. The van der Waals surface area contributed by atoms with Crippen molar-refractivity contribution in [3.05, 3.63) is 48.0 Å². The molecular formula is C17H24N4. The Kier molecular flexibility index (Phi) is 5.00. The molecule has 1 aliphatic carbocycles. The Balaban J connectivity index is 1.43. The molecule has 4 nitrogen and oxygen atoms in total. The standard InChI is InChI=1S/C17H24N4/c1-2-4-15(5-3-1)10-18-11-16-6-8-17(9-7-16)12-21-14-19-13-20-21/h6-9,13-15,18H,1-5,10-12H2. The molecule has 0 atom stereocenters. The molecule has 0 unspecified atom stereocenters. The molecule has 0 amide bonds. The van der Waals surface area contributed by atoms with Crippen molar-refractivity contribution in [2.24, 2.45) is 5.92 Å². The molecule has 1 aliphatic rings. The predicted octanol–water partition coefficient (Wildman–Crippen LogP) is 3.00. The lowest BCUT2D eigenvalue weighted by Crippen LogP contribution is -2.24. The first-order chi connectivity index (χ1) is 10.4. The van der Waals surface area contributed by atoms with Crippen molar-refractivity contribution in [3.8, 4) is 0 Å². The summed E-state index contributed by atoms with van der Waals surface area (Å²) in [6.07, 6.45) is 10.4.